The second-order valence-electron chi connectivity index (χ2n) is 8.73. The van der Waals surface area contributed by atoms with Crippen molar-refractivity contribution in [1.29, 1.82) is 0 Å². The first-order valence-corrected chi connectivity index (χ1v) is 12.2. The normalized spacial score (nSPS) is 19.6. The Hall–Kier alpha value is -2.44. The Bertz CT molecular complexity index is 1100. The predicted molar refractivity (Wildman–Crippen MR) is 132 cm³/mol. The van der Waals surface area contributed by atoms with Crippen LogP contribution < -0.4 is 10.2 Å². The molecule has 2 aromatic rings. The summed E-state index contributed by atoms with van der Waals surface area (Å²) in [6.07, 6.45) is 14.3. The second kappa shape index (κ2) is 8.60. The molecule has 1 aromatic carbocycles. The molecule has 0 bridgehead atoms. The molecule has 4 heterocycles. The van der Waals surface area contributed by atoms with Gasteiger partial charge in [-0.2, -0.15) is 5.10 Å². The van der Waals surface area contributed by atoms with Crippen molar-refractivity contribution >= 4 is 32.4 Å². The Balaban J connectivity index is 1.51. The zero-order valence-corrected chi connectivity index (χ0v) is 19.5. The van der Waals surface area contributed by atoms with Crippen LogP contribution in [0.15, 0.2) is 52.9 Å². The summed E-state index contributed by atoms with van der Waals surface area (Å²) in [5.74, 6) is 0. The number of hydrogen-bond donors (Lipinski definition) is 1. The van der Waals surface area contributed by atoms with Crippen molar-refractivity contribution in [2.45, 2.75) is 52.0 Å². The molecule has 3 aliphatic rings. The molecule has 0 saturated carbocycles. The van der Waals surface area contributed by atoms with Gasteiger partial charge in [-0.05, 0) is 82.0 Å². The monoisotopic (exact) mass is 433 g/mol. The maximum atomic E-state index is 5.07. The molecule has 0 unspecified atom stereocenters. The fourth-order valence-electron chi connectivity index (χ4n) is 4.59. The van der Waals surface area contributed by atoms with Crippen molar-refractivity contribution in [2.75, 3.05) is 25.0 Å². The van der Waals surface area contributed by atoms with E-state index in [9.17, 15) is 0 Å². The molecule has 0 spiro atoms. The third kappa shape index (κ3) is 4.06. The third-order valence-corrected chi connectivity index (χ3v) is 7.62. The van der Waals surface area contributed by atoms with Gasteiger partial charge in [0.25, 0.3) is 0 Å². The van der Waals surface area contributed by atoms with Crippen molar-refractivity contribution < 1.29 is 0 Å². The van der Waals surface area contributed by atoms with Gasteiger partial charge < -0.3 is 10.2 Å². The fraction of sp³-hybridized carbons (Fsp3) is 0.440. The van der Waals surface area contributed by atoms with Gasteiger partial charge in [0.15, 0.2) is 5.13 Å². The van der Waals surface area contributed by atoms with Gasteiger partial charge in [0.2, 0.25) is 0 Å². The Morgan fingerprint density at radius 1 is 1.23 bits per heavy atom. The number of aromatic nitrogens is 1. The average Bonchev–Trinajstić information content (AvgIpc) is 3.14. The number of piperidine rings is 1. The first kappa shape index (κ1) is 20.5. The summed E-state index contributed by atoms with van der Waals surface area (Å²) in [6, 6.07) is 5.13. The molecule has 1 saturated heterocycles. The molecule has 0 atom stereocenters. The lowest BCUT2D eigenvalue weighted by molar-refractivity contribution is 0.443. The van der Waals surface area contributed by atoms with E-state index in [4.69, 9.17) is 10.1 Å². The smallest absolute Gasteiger partial charge is 0.186 e. The van der Waals surface area contributed by atoms with Crippen molar-refractivity contribution in [2.24, 2.45) is 5.10 Å². The van der Waals surface area contributed by atoms with Crippen LogP contribution in [0.2, 0.25) is 0 Å². The molecule has 0 aliphatic carbocycles. The van der Waals surface area contributed by atoms with Crippen LogP contribution in [0.4, 0.5) is 5.13 Å². The van der Waals surface area contributed by atoms with E-state index in [0.29, 0.717) is 6.04 Å². The van der Waals surface area contributed by atoms with E-state index >= 15 is 0 Å². The van der Waals surface area contributed by atoms with Gasteiger partial charge in [-0.25, -0.2) is 9.99 Å². The Kier molecular flexibility index (Phi) is 5.67. The Morgan fingerprint density at radius 2 is 2.06 bits per heavy atom. The molecule has 6 heteroatoms. The van der Waals surface area contributed by atoms with Gasteiger partial charge in [-0.15, -0.1) is 0 Å². The molecule has 162 valence electrons. The number of nitrogens with zero attached hydrogens (tertiary/aromatic N) is 4. The SMILES string of the molecule is CCc1cc(C2=NN3C=C(C)CCC=C3C=C2)cc2sc(N(C)C3CCNCC3)nc12. The zero-order valence-electron chi connectivity index (χ0n) is 18.7. The number of benzene rings is 1. The van der Waals surface area contributed by atoms with E-state index in [2.05, 4.69) is 67.7 Å². The number of hydrazone groups is 1. The van der Waals surface area contributed by atoms with Crippen LogP contribution in [0, 0.1) is 0 Å². The summed E-state index contributed by atoms with van der Waals surface area (Å²) in [4.78, 5) is 7.46. The van der Waals surface area contributed by atoms with E-state index in [0.717, 1.165) is 48.7 Å². The average molecular weight is 434 g/mol. The zero-order chi connectivity index (χ0) is 21.4. The number of fused-ring (bicyclic) bond motifs is 2. The lowest BCUT2D eigenvalue weighted by Crippen LogP contribution is -2.41. The largest absolute Gasteiger partial charge is 0.348 e. The summed E-state index contributed by atoms with van der Waals surface area (Å²) in [7, 11) is 2.20. The molecule has 3 aliphatic heterocycles. The number of thiazole rings is 1. The maximum Gasteiger partial charge on any atom is 0.186 e. The Morgan fingerprint density at radius 3 is 2.87 bits per heavy atom. The van der Waals surface area contributed by atoms with Gasteiger partial charge in [-0.3, -0.25) is 0 Å². The summed E-state index contributed by atoms with van der Waals surface area (Å²) in [5.41, 5.74) is 7.17. The van der Waals surface area contributed by atoms with Crippen LogP contribution in [0.25, 0.3) is 10.2 Å². The standard InChI is InChI=1S/C25H31N5S/c1-4-18-14-19(22-9-8-21-7-5-6-17(2)16-30(21)28-22)15-23-24(18)27-25(31-23)29(3)20-10-12-26-13-11-20/h7-9,14-16,20,26H,4-6,10-13H2,1-3H3. The van der Waals surface area contributed by atoms with Crippen LogP contribution in [0.3, 0.4) is 0 Å². The first-order valence-electron chi connectivity index (χ1n) is 11.4. The van der Waals surface area contributed by atoms with Crippen molar-refractivity contribution in [1.82, 2.24) is 15.3 Å². The number of nitrogens with one attached hydrogen (secondary N) is 1. The van der Waals surface area contributed by atoms with Crippen LogP contribution >= 0.6 is 11.3 Å². The quantitative estimate of drug-likeness (QED) is 0.719. The molecule has 1 aromatic heterocycles. The van der Waals surface area contributed by atoms with E-state index in [-0.39, 0.29) is 0 Å². The van der Waals surface area contributed by atoms with Crippen LogP contribution in [0.5, 0.6) is 0 Å². The van der Waals surface area contributed by atoms with Crippen LogP contribution in [0.1, 0.15) is 50.7 Å². The molecule has 0 amide bonds. The maximum absolute atomic E-state index is 5.07. The first-order chi connectivity index (χ1) is 15.1. The van der Waals surface area contributed by atoms with E-state index in [1.807, 2.05) is 16.3 Å². The Labute approximate surface area is 188 Å². The van der Waals surface area contributed by atoms with E-state index < -0.39 is 0 Å². The minimum absolute atomic E-state index is 0.570. The van der Waals surface area contributed by atoms with E-state index in [1.54, 1.807) is 0 Å². The number of hydrogen-bond acceptors (Lipinski definition) is 6. The number of anilines is 1. The molecule has 5 nitrogen and oxygen atoms in total. The molecule has 31 heavy (non-hydrogen) atoms. The minimum atomic E-state index is 0.570. The van der Waals surface area contributed by atoms with Crippen LogP contribution in [-0.2, 0) is 6.42 Å². The molecule has 1 N–H and O–H groups in total. The van der Waals surface area contributed by atoms with Gasteiger partial charge in [0, 0.05) is 24.9 Å². The summed E-state index contributed by atoms with van der Waals surface area (Å²) in [5, 5.41) is 11.6. The molecule has 1 fully saturated rings. The summed E-state index contributed by atoms with van der Waals surface area (Å²) < 4.78 is 1.25. The fourth-order valence-corrected chi connectivity index (χ4v) is 5.68. The lowest BCUT2D eigenvalue weighted by Gasteiger charge is -2.31. The second-order valence-corrected chi connectivity index (χ2v) is 9.74. The number of allylic oxidation sites excluding steroid dienone is 4. The highest BCUT2D eigenvalue weighted by Gasteiger charge is 2.22. The van der Waals surface area contributed by atoms with Crippen LogP contribution in [-0.4, -0.2) is 41.9 Å². The number of aryl methyl sites for hydroxylation is 1. The highest BCUT2D eigenvalue weighted by Crippen LogP contribution is 2.34. The lowest BCUT2D eigenvalue weighted by atomic mass is 10.0. The molecule has 5 rings (SSSR count). The van der Waals surface area contributed by atoms with Gasteiger partial charge in [0.1, 0.15) is 0 Å². The minimum Gasteiger partial charge on any atom is -0.348 e. The van der Waals surface area contributed by atoms with Crippen molar-refractivity contribution in [3.8, 4) is 0 Å². The van der Waals surface area contributed by atoms with Gasteiger partial charge in [-0.1, -0.05) is 29.9 Å². The van der Waals surface area contributed by atoms with E-state index in [1.165, 1.54) is 39.9 Å². The molecular formula is C25H31N5S. The summed E-state index contributed by atoms with van der Waals surface area (Å²) >= 11 is 1.81. The highest BCUT2D eigenvalue weighted by molar-refractivity contribution is 7.22. The topological polar surface area (TPSA) is 43.8 Å². The summed E-state index contributed by atoms with van der Waals surface area (Å²) in [6.45, 7) is 6.59. The molecular weight excluding hydrogens is 402 g/mol. The van der Waals surface area contributed by atoms with Crippen molar-refractivity contribution in [3.63, 3.8) is 0 Å². The van der Waals surface area contributed by atoms with Gasteiger partial charge >= 0.3 is 0 Å². The predicted octanol–water partition coefficient (Wildman–Crippen LogP) is 5.20. The number of rotatable bonds is 4. The molecule has 0 radical (unpaired) electrons. The highest BCUT2D eigenvalue weighted by atomic mass is 32.1. The third-order valence-electron chi connectivity index (χ3n) is 6.52. The van der Waals surface area contributed by atoms with Gasteiger partial charge in [0.05, 0.1) is 21.6 Å². The van der Waals surface area contributed by atoms with Crippen molar-refractivity contribution in [3.05, 3.63) is 59.0 Å².